The lowest BCUT2D eigenvalue weighted by Crippen LogP contribution is -2.36. The van der Waals surface area contributed by atoms with E-state index < -0.39 is 17.8 Å². The molecule has 0 spiro atoms. The number of carbonyl (C=O) groups is 2. The molecule has 0 saturated carbocycles. The molecule has 230 valence electrons. The van der Waals surface area contributed by atoms with Crippen LogP contribution in [0.4, 0.5) is 18.9 Å². The average molecular weight is 604 g/mol. The quantitative estimate of drug-likeness (QED) is 0.264. The standard InChI is InChI=1S/C19H18F3N3O2S.C11H18.C3H8/c1-3-11(2)18(27)25-7-5-13-14(10-28-15(13)9-25)17(26)24-12-4-6-23-16(8-12)19(20,21)22;1-5-7-8-9-11(4)10(3)6-2;1-3-2/h3-4,6,8,10H,5,7,9H2,1-2H3,(H,23,24,26);5,7-9H,6H2,1-4H3;3H2,1-2H3/b11-3+;7-5-,9-8-,11-10?;. The lowest BCUT2D eigenvalue weighted by Gasteiger charge is -2.27. The van der Waals surface area contributed by atoms with Crippen molar-refractivity contribution in [2.75, 3.05) is 11.9 Å². The van der Waals surface area contributed by atoms with E-state index in [1.807, 2.05) is 19.1 Å². The molecule has 0 atom stereocenters. The molecule has 1 aliphatic rings. The average Bonchev–Trinajstić information content (AvgIpc) is 3.40. The van der Waals surface area contributed by atoms with Gasteiger partial charge in [0.25, 0.3) is 5.91 Å². The number of pyridine rings is 1. The van der Waals surface area contributed by atoms with Crippen molar-refractivity contribution < 1.29 is 22.8 Å². The first kappa shape index (κ1) is 36.6. The molecule has 2 aromatic heterocycles. The van der Waals surface area contributed by atoms with Gasteiger partial charge in [-0.05, 0) is 65.2 Å². The zero-order valence-electron chi connectivity index (χ0n) is 26.0. The highest BCUT2D eigenvalue weighted by molar-refractivity contribution is 7.10. The number of anilines is 1. The van der Waals surface area contributed by atoms with E-state index in [-0.39, 0.29) is 11.6 Å². The molecule has 3 rings (SSSR count). The van der Waals surface area contributed by atoms with Gasteiger partial charge in [-0.1, -0.05) is 68.7 Å². The maximum absolute atomic E-state index is 12.8. The molecule has 9 heteroatoms. The lowest BCUT2D eigenvalue weighted by atomic mass is 10.0. The topological polar surface area (TPSA) is 62.3 Å². The van der Waals surface area contributed by atoms with Crippen LogP contribution in [0.3, 0.4) is 0 Å². The molecule has 0 aliphatic carbocycles. The van der Waals surface area contributed by atoms with Crippen LogP contribution < -0.4 is 5.32 Å². The van der Waals surface area contributed by atoms with Crippen molar-refractivity contribution in [1.29, 1.82) is 0 Å². The van der Waals surface area contributed by atoms with Gasteiger partial charge in [0.2, 0.25) is 5.91 Å². The summed E-state index contributed by atoms with van der Waals surface area (Å²) in [6.45, 7) is 17.3. The second-order valence-electron chi connectivity index (χ2n) is 9.79. The molecule has 42 heavy (non-hydrogen) atoms. The number of hydrogen-bond donors (Lipinski definition) is 1. The van der Waals surface area contributed by atoms with Crippen LogP contribution >= 0.6 is 11.3 Å². The Kier molecular flexibility index (Phi) is 15.8. The fourth-order valence-electron chi connectivity index (χ4n) is 3.66. The third-order valence-corrected chi connectivity index (χ3v) is 7.42. The van der Waals surface area contributed by atoms with Gasteiger partial charge in [0, 0.05) is 34.3 Å². The zero-order chi connectivity index (χ0) is 31.9. The number of amides is 2. The Morgan fingerprint density at radius 3 is 2.36 bits per heavy atom. The van der Waals surface area contributed by atoms with Crippen molar-refractivity contribution in [2.45, 2.75) is 87.4 Å². The zero-order valence-corrected chi connectivity index (χ0v) is 26.8. The highest BCUT2D eigenvalue weighted by Gasteiger charge is 2.33. The van der Waals surface area contributed by atoms with Gasteiger partial charge in [-0.15, -0.1) is 11.3 Å². The Morgan fingerprint density at radius 2 is 1.79 bits per heavy atom. The van der Waals surface area contributed by atoms with Gasteiger partial charge in [-0.2, -0.15) is 13.2 Å². The number of thiophene rings is 1. The highest BCUT2D eigenvalue weighted by Crippen LogP contribution is 2.31. The van der Waals surface area contributed by atoms with E-state index in [2.05, 4.69) is 57.1 Å². The summed E-state index contributed by atoms with van der Waals surface area (Å²) in [5.41, 5.74) is 3.75. The number of halogens is 3. The van der Waals surface area contributed by atoms with Crippen LogP contribution in [-0.4, -0.2) is 28.2 Å². The molecule has 5 nitrogen and oxygen atoms in total. The Hall–Kier alpha value is -3.46. The Bertz CT molecular complexity index is 1300. The van der Waals surface area contributed by atoms with Crippen LogP contribution in [0.5, 0.6) is 0 Å². The minimum atomic E-state index is -4.58. The van der Waals surface area contributed by atoms with Crippen LogP contribution in [0.1, 0.15) is 94.7 Å². The summed E-state index contributed by atoms with van der Waals surface area (Å²) in [5.74, 6) is -0.509. The number of hydrogen-bond acceptors (Lipinski definition) is 4. The van der Waals surface area contributed by atoms with Crippen molar-refractivity contribution in [1.82, 2.24) is 9.88 Å². The number of aromatic nitrogens is 1. The van der Waals surface area contributed by atoms with E-state index in [1.54, 1.807) is 30.2 Å². The Balaban J connectivity index is 0.000000529. The first-order chi connectivity index (χ1) is 19.8. The minimum Gasteiger partial charge on any atom is -0.333 e. The third kappa shape index (κ3) is 11.4. The maximum atomic E-state index is 12.8. The van der Waals surface area contributed by atoms with E-state index in [4.69, 9.17) is 0 Å². The van der Waals surface area contributed by atoms with Crippen LogP contribution in [0.25, 0.3) is 0 Å². The summed E-state index contributed by atoms with van der Waals surface area (Å²) in [6.07, 6.45) is 9.41. The van der Waals surface area contributed by atoms with Crippen molar-refractivity contribution in [2.24, 2.45) is 0 Å². The first-order valence-corrected chi connectivity index (χ1v) is 15.0. The molecule has 0 aromatic carbocycles. The number of nitrogens with one attached hydrogen (secondary N) is 1. The van der Waals surface area contributed by atoms with Crippen LogP contribution in [-0.2, 0) is 23.9 Å². The van der Waals surface area contributed by atoms with E-state index in [0.29, 0.717) is 30.6 Å². The van der Waals surface area contributed by atoms with E-state index >= 15 is 0 Å². The normalized spacial score (nSPS) is 14.0. The molecule has 2 amide bonds. The van der Waals surface area contributed by atoms with Gasteiger partial charge >= 0.3 is 6.18 Å². The highest BCUT2D eigenvalue weighted by atomic mass is 32.1. The molecule has 0 radical (unpaired) electrons. The van der Waals surface area contributed by atoms with Gasteiger partial charge in [0.1, 0.15) is 5.69 Å². The molecule has 1 aliphatic heterocycles. The second kappa shape index (κ2) is 18.2. The second-order valence-corrected chi connectivity index (χ2v) is 10.8. The molecule has 0 fully saturated rings. The molecule has 0 bridgehead atoms. The van der Waals surface area contributed by atoms with Crippen molar-refractivity contribution in [3.8, 4) is 0 Å². The number of alkyl halides is 3. The number of carbonyl (C=O) groups excluding carboxylic acids is 2. The van der Waals surface area contributed by atoms with Crippen molar-refractivity contribution in [3.63, 3.8) is 0 Å². The summed E-state index contributed by atoms with van der Waals surface area (Å²) in [6, 6.07) is 2.11. The summed E-state index contributed by atoms with van der Waals surface area (Å²) in [5, 5.41) is 4.19. The van der Waals surface area contributed by atoms with Crippen LogP contribution in [0.2, 0.25) is 0 Å². The summed E-state index contributed by atoms with van der Waals surface area (Å²) in [7, 11) is 0. The van der Waals surface area contributed by atoms with E-state index in [1.165, 1.54) is 35.0 Å². The van der Waals surface area contributed by atoms with Crippen LogP contribution in [0.15, 0.2) is 70.8 Å². The lowest BCUT2D eigenvalue weighted by molar-refractivity contribution is -0.141. The molecular formula is C33H44F3N3O2S. The van der Waals surface area contributed by atoms with Crippen molar-refractivity contribution >= 4 is 28.8 Å². The summed E-state index contributed by atoms with van der Waals surface area (Å²) >= 11 is 1.37. The van der Waals surface area contributed by atoms with Crippen molar-refractivity contribution in [3.05, 3.63) is 92.5 Å². The van der Waals surface area contributed by atoms with Crippen LogP contribution in [0, 0.1) is 0 Å². The predicted octanol–water partition coefficient (Wildman–Crippen LogP) is 9.55. The Morgan fingerprint density at radius 1 is 1.12 bits per heavy atom. The SMILES string of the molecule is C/C=C(\C)C(=O)N1CCc2c(C(=O)Nc3ccnc(C(F)(F)F)c3)csc2C1.C/C=C\C=C/C(C)=C(C)CC.CCC. The molecular weight excluding hydrogens is 559 g/mol. The van der Waals surface area contributed by atoms with Gasteiger partial charge in [0.15, 0.2) is 0 Å². The largest absolute Gasteiger partial charge is 0.433 e. The third-order valence-electron chi connectivity index (χ3n) is 6.41. The fraction of sp³-hybridized carbons (Fsp3) is 0.424. The minimum absolute atomic E-state index is 0.0311. The Labute approximate surface area is 252 Å². The predicted molar refractivity (Wildman–Crippen MR) is 169 cm³/mol. The maximum Gasteiger partial charge on any atom is 0.433 e. The van der Waals surface area contributed by atoms with E-state index in [9.17, 15) is 22.8 Å². The number of nitrogens with zero attached hydrogens (tertiary/aromatic N) is 2. The molecule has 3 heterocycles. The summed E-state index contributed by atoms with van der Waals surface area (Å²) < 4.78 is 38.3. The number of fused-ring (bicyclic) bond motifs is 1. The molecule has 2 aromatic rings. The number of allylic oxidation sites excluding steroid dienone is 7. The van der Waals surface area contributed by atoms with Gasteiger partial charge in [0.05, 0.1) is 12.1 Å². The monoisotopic (exact) mass is 603 g/mol. The van der Waals surface area contributed by atoms with E-state index in [0.717, 1.165) is 29.1 Å². The van der Waals surface area contributed by atoms with Gasteiger partial charge in [-0.3, -0.25) is 14.6 Å². The smallest absolute Gasteiger partial charge is 0.333 e. The molecule has 0 unspecified atom stereocenters. The fourth-order valence-corrected chi connectivity index (χ4v) is 4.75. The molecule has 0 saturated heterocycles. The summed E-state index contributed by atoms with van der Waals surface area (Å²) in [4.78, 5) is 30.8. The number of rotatable bonds is 6. The first-order valence-electron chi connectivity index (χ1n) is 14.2. The van der Waals surface area contributed by atoms with Gasteiger partial charge in [-0.25, -0.2) is 0 Å². The molecule has 1 N–H and O–H groups in total. The van der Waals surface area contributed by atoms with Gasteiger partial charge < -0.3 is 10.2 Å².